The summed E-state index contributed by atoms with van der Waals surface area (Å²) < 4.78 is 18.2. The fraction of sp³-hybridized carbons (Fsp3) is 0.528. The van der Waals surface area contributed by atoms with Crippen molar-refractivity contribution in [3.8, 4) is 0 Å². The standard InChI is InChI=1S/C36H43N5O5/c1-22-7-4-5-8-28(22)39-15-17-40(18-16-39)30-19-24-13-14-41(29-9-6-10-31-32(29)46-36(2,3)45-31)35(43)25(24)20-26(30)37-33(42)27-21-44-34(38-27)23-11-12-23/h4-5,7-8,19-21,23,29,31-32H,6,9-18H2,1-3H3,(H,37,42). The van der Waals surface area contributed by atoms with E-state index in [9.17, 15) is 9.59 Å². The second-order valence-corrected chi connectivity index (χ2v) is 14.0. The Morgan fingerprint density at radius 2 is 1.72 bits per heavy atom. The number of amides is 2. The summed E-state index contributed by atoms with van der Waals surface area (Å²) in [5.41, 5.74) is 6.01. The van der Waals surface area contributed by atoms with Crippen LogP contribution in [-0.2, 0) is 15.9 Å². The van der Waals surface area contributed by atoms with Crippen LogP contribution in [0.5, 0.6) is 0 Å². The molecule has 5 aliphatic rings. The molecule has 2 aromatic carbocycles. The monoisotopic (exact) mass is 625 g/mol. The summed E-state index contributed by atoms with van der Waals surface area (Å²) in [5, 5.41) is 3.13. The van der Waals surface area contributed by atoms with Crippen molar-refractivity contribution in [1.82, 2.24) is 9.88 Å². The van der Waals surface area contributed by atoms with E-state index in [4.69, 9.17) is 13.9 Å². The van der Waals surface area contributed by atoms with E-state index in [-0.39, 0.29) is 35.8 Å². The number of nitrogens with zero attached hydrogens (tertiary/aromatic N) is 4. The van der Waals surface area contributed by atoms with Gasteiger partial charge in [-0.05, 0) is 88.6 Å². The topological polar surface area (TPSA) is 100 Å². The van der Waals surface area contributed by atoms with Gasteiger partial charge in [0.05, 0.1) is 23.5 Å². The first-order chi connectivity index (χ1) is 22.2. The third kappa shape index (κ3) is 5.45. The summed E-state index contributed by atoms with van der Waals surface area (Å²) in [5.74, 6) is -0.0484. The quantitative estimate of drug-likeness (QED) is 0.383. The molecular formula is C36H43N5O5. The maximum Gasteiger partial charge on any atom is 0.277 e. The number of piperazine rings is 1. The first kappa shape index (κ1) is 29.5. The molecule has 0 radical (unpaired) electrons. The zero-order valence-electron chi connectivity index (χ0n) is 27.0. The number of carbonyl (C=O) groups is 2. The predicted octanol–water partition coefficient (Wildman–Crippen LogP) is 5.51. The zero-order chi connectivity index (χ0) is 31.6. The molecule has 10 heteroatoms. The maximum absolute atomic E-state index is 14.2. The van der Waals surface area contributed by atoms with Gasteiger partial charge in [-0.1, -0.05) is 18.2 Å². The third-order valence-electron chi connectivity index (χ3n) is 10.3. The first-order valence-corrected chi connectivity index (χ1v) is 16.9. The minimum Gasteiger partial charge on any atom is -0.448 e. The summed E-state index contributed by atoms with van der Waals surface area (Å²) in [7, 11) is 0. The Bertz CT molecular complexity index is 1660. The second-order valence-electron chi connectivity index (χ2n) is 14.0. The van der Waals surface area contributed by atoms with Crippen LogP contribution in [0.25, 0.3) is 0 Å². The number of aryl methyl sites for hydroxylation is 1. The largest absolute Gasteiger partial charge is 0.448 e. The zero-order valence-corrected chi connectivity index (χ0v) is 27.0. The average Bonchev–Trinajstić information content (AvgIpc) is 3.67. The van der Waals surface area contributed by atoms with Crippen LogP contribution in [0.2, 0.25) is 0 Å². The van der Waals surface area contributed by atoms with Gasteiger partial charge in [-0.25, -0.2) is 4.98 Å². The molecule has 4 fully saturated rings. The lowest BCUT2D eigenvalue weighted by molar-refractivity contribution is -0.149. The normalized spacial score (nSPS) is 25.8. The first-order valence-electron chi connectivity index (χ1n) is 16.9. The van der Waals surface area contributed by atoms with Crippen LogP contribution in [0.3, 0.4) is 0 Å². The fourth-order valence-corrected chi connectivity index (χ4v) is 7.85. The third-order valence-corrected chi connectivity index (χ3v) is 10.3. The van der Waals surface area contributed by atoms with E-state index in [1.54, 1.807) is 0 Å². The molecule has 3 aliphatic heterocycles. The number of anilines is 3. The Labute approximate surface area is 270 Å². The molecule has 2 amide bonds. The molecule has 2 saturated heterocycles. The van der Waals surface area contributed by atoms with Crippen molar-refractivity contribution in [1.29, 1.82) is 0 Å². The molecule has 2 saturated carbocycles. The van der Waals surface area contributed by atoms with Crippen LogP contribution in [0, 0.1) is 6.92 Å². The van der Waals surface area contributed by atoms with Crippen LogP contribution >= 0.6 is 0 Å². The molecule has 3 atom stereocenters. The van der Waals surface area contributed by atoms with E-state index in [1.165, 1.54) is 17.5 Å². The number of hydrogen-bond donors (Lipinski definition) is 1. The van der Waals surface area contributed by atoms with E-state index in [2.05, 4.69) is 57.4 Å². The van der Waals surface area contributed by atoms with Gasteiger partial charge in [-0.15, -0.1) is 0 Å². The molecule has 242 valence electrons. The number of aromatic nitrogens is 1. The van der Waals surface area contributed by atoms with E-state index in [0.29, 0.717) is 29.6 Å². The number of nitrogens with one attached hydrogen (secondary N) is 1. The molecule has 3 aromatic rings. The predicted molar refractivity (Wildman–Crippen MR) is 175 cm³/mol. The van der Waals surface area contributed by atoms with Crippen molar-refractivity contribution in [3.05, 3.63) is 70.9 Å². The van der Waals surface area contributed by atoms with Crippen molar-refractivity contribution in [2.75, 3.05) is 47.8 Å². The number of carbonyl (C=O) groups excluding carboxylic acids is 2. The van der Waals surface area contributed by atoms with Crippen molar-refractivity contribution in [2.24, 2.45) is 0 Å². The van der Waals surface area contributed by atoms with Gasteiger partial charge in [-0.2, -0.15) is 0 Å². The average molecular weight is 626 g/mol. The van der Waals surface area contributed by atoms with Crippen molar-refractivity contribution in [2.45, 2.75) is 89.3 Å². The number of para-hydroxylation sites is 1. The number of rotatable bonds is 6. The molecule has 1 aromatic heterocycles. The lowest BCUT2D eigenvalue weighted by Crippen LogP contribution is -2.54. The number of fused-ring (bicyclic) bond motifs is 2. The highest BCUT2D eigenvalue weighted by Crippen LogP contribution is 2.42. The van der Waals surface area contributed by atoms with Gasteiger partial charge >= 0.3 is 0 Å². The molecule has 2 aliphatic carbocycles. The van der Waals surface area contributed by atoms with Crippen molar-refractivity contribution < 1.29 is 23.5 Å². The minimum atomic E-state index is -0.648. The molecule has 4 heterocycles. The molecule has 1 N–H and O–H groups in total. The van der Waals surface area contributed by atoms with Crippen LogP contribution < -0.4 is 15.1 Å². The summed E-state index contributed by atoms with van der Waals surface area (Å²) >= 11 is 0. The number of oxazole rings is 1. The molecule has 46 heavy (non-hydrogen) atoms. The Kier molecular flexibility index (Phi) is 7.32. The summed E-state index contributed by atoms with van der Waals surface area (Å²) in [6, 6.07) is 12.5. The van der Waals surface area contributed by atoms with Crippen molar-refractivity contribution >= 4 is 28.9 Å². The maximum atomic E-state index is 14.2. The van der Waals surface area contributed by atoms with Gasteiger partial charge in [0.2, 0.25) is 0 Å². The van der Waals surface area contributed by atoms with Crippen molar-refractivity contribution in [3.63, 3.8) is 0 Å². The van der Waals surface area contributed by atoms with Gasteiger partial charge in [0.25, 0.3) is 11.8 Å². The van der Waals surface area contributed by atoms with Gasteiger partial charge in [-0.3, -0.25) is 9.59 Å². The highest BCUT2D eigenvalue weighted by atomic mass is 16.8. The Balaban J connectivity index is 1.08. The molecule has 0 bridgehead atoms. The Morgan fingerprint density at radius 3 is 2.48 bits per heavy atom. The van der Waals surface area contributed by atoms with Crippen LogP contribution in [0.15, 0.2) is 47.1 Å². The molecule has 10 nitrogen and oxygen atoms in total. The van der Waals surface area contributed by atoms with Crippen LogP contribution in [0.1, 0.15) is 89.7 Å². The lowest BCUT2D eigenvalue weighted by atomic mass is 9.86. The number of benzene rings is 2. The lowest BCUT2D eigenvalue weighted by Gasteiger charge is -2.42. The SMILES string of the molecule is Cc1ccccc1N1CCN(c2cc3c(cc2NC(=O)c2coc(C4CC4)n2)C(=O)N(C2CCCC4OC(C)(C)OC42)CC3)CC1. The number of ether oxygens (including phenoxy) is 2. The van der Waals surface area contributed by atoms with Crippen LogP contribution in [0.4, 0.5) is 17.1 Å². The highest BCUT2D eigenvalue weighted by Gasteiger charge is 2.50. The van der Waals surface area contributed by atoms with E-state index in [0.717, 1.165) is 76.0 Å². The molecule has 3 unspecified atom stereocenters. The van der Waals surface area contributed by atoms with Gasteiger partial charge in [0.1, 0.15) is 12.4 Å². The smallest absolute Gasteiger partial charge is 0.277 e. The Hall–Kier alpha value is -3.89. The van der Waals surface area contributed by atoms with Crippen LogP contribution in [-0.4, -0.2) is 78.5 Å². The summed E-state index contributed by atoms with van der Waals surface area (Å²) in [6.07, 6.45) is 6.98. The van der Waals surface area contributed by atoms with Gasteiger partial charge in [0.15, 0.2) is 17.4 Å². The van der Waals surface area contributed by atoms with E-state index in [1.807, 2.05) is 24.8 Å². The Morgan fingerprint density at radius 1 is 0.957 bits per heavy atom. The highest BCUT2D eigenvalue weighted by molar-refractivity contribution is 6.06. The summed E-state index contributed by atoms with van der Waals surface area (Å²) in [4.78, 5) is 39.0. The van der Waals surface area contributed by atoms with Gasteiger partial charge in [0, 0.05) is 49.9 Å². The van der Waals surface area contributed by atoms with E-state index >= 15 is 0 Å². The second kappa shape index (κ2) is 11.4. The summed E-state index contributed by atoms with van der Waals surface area (Å²) in [6.45, 7) is 10.0. The minimum absolute atomic E-state index is 0.00139. The van der Waals surface area contributed by atoms with E-state index < -0.39 is 5.79 Å². The number of hydrogen-bond acceptors (Lipinski definition) is 8. The van der Waals surface area contributed by atoms with Gasteiger partial charge < -0.3 is 33.9 Å². The molecular weight excluding hydrogens is 582 g/mol. The molecule has 0 spiro atoms. The fourth-order valence-electron chi connectivity index (χ4n) is 7.85. The molecule has 8 rings (SSSR count).